The SMILES string of the molecule is COC(=O)/C1=C\C2C(C(C)C)=CC=C(C)C2C[C]C(C)CCC1O. The average molecular weight is 330 g/mol. The van der Waals surface area contributed by atoms with Crippen LogP contribution in [0.25, 0.3) is 0 Å². The maximum atomic E-state index is 12.3. The third kappa shape index (κ3) is 4.18. The molecule has 0 spiro atoms. The van der Waals surface area contributed by atoms with Crippen molar-refractivity contribution in [3.05, 3.63) is 41.4 Å². The number of carbonyl (C=O) groups is 1. The first-order valence-electron chi connectivity index (χ1n) is 8.94. The summed E-state index contributed by atoms with van der Waals surface area (Å²) in [5, 5.41) is 10.6. The molecule has 2 aliphatic rings. The number of fused-ring (bicyclic) bond motifs is 1. The first kappa shape index (κ1) is 19.0. The van der Waals surface area contributed by atoms with Crippen LogP contribution in [0.5, 0.6) is 0 Å². The second-order valence-electron chi connectivity index (χ2n) is 7.38. The summed E-state index contributed by atoms with van der Waals surface area (Å²) in [4.78, 5) is 12.3. The Morgan fingerprint density at radius 1 is 1.33 bits per heavy atom. The lowest BCUT2D eigenvalue weighted by Crippen LogP contribution is -2.28. The molecule has 2 rings (SSSR count). The number of allylic oxidation sites excluding steroid dienone is 5. The fourth-order valence-electron chi connectivity index (χ4n) is 3.68. The number of aliphatic hydroxyl groups excluding tert-OH is 1. The van der Waals surface area contributed by atoms with E-state index in [1.165, 1.54) is 18.3 Å². The van der Waals surface area contributed by atoms with Gasteiger partial charge in [-0.1, -0.05) is 50.1 Å². The van der Waals surface area contributed by atoms with Crippen LogP contribution in [0.2, 0.25) is 0 Å². The summed E-state index contributed by atoms with van der Waals surface area (Å²) in [5.74, 6) is 0.669. The van der Waals surface area contributed by atoms with Crippen LogP contribution in [0, 0.1) is 30.1 Å². The molecule has 24 heavy (non-hydrogen) atoms. The van der Waals surface area contributed by atoms with Crippen LogP contribution in [0.1, 0.15) is 47.0 Å². The first-order valence-corrected chi connectivity index (χ1v) is 8.94. The maximum Gasteiger partial charge on any atom is 0.336 e. The zero-order valence-corrected chi connectivity index (χ0v) is 15.5. The Kier molecular flexibility index (Phi) is 6.45. The van der Waals surface area contributed by atoms with Gasteiger partial charge >= 0.3 is 5.97 Å². The Morgan fingerprint density at radius 2 is 2.04 bits per heavy atom. The van der Waals surface area contributed by atoms with Crippen molar-refractivity contribution in [1.29, 1.82) is 0 Å². The lowest BCUT2D eigenvalue weighted by Gasteiger charge is -2.35. The van der Waals surface area contributed by atoms with Gasteiger partial charge in [-0.15, -0.1) is 0 Å². The van der Waals surface area contributed by atoms with Gasteiger partial charge in [-0.05, 0) is 50.4 Å². The van der Waals surface area contributed by atoms with Crippen molar-refractivity contribution in [2.24, 2.45) is 23.7 Å². The fraction of sp³-hybridized carbons (Fsp3) is 0.619. The van der Waals surface area contributed by atoms with Crippen molar-refractivity contribution in [2.75, 3.05) is 7.11 Å². The summed E-state index contributed by atoms with van der Waals surface area (Å²) in [6, 6.07) is 0. The van der Waals surface area contributed by atoms with Gasteiger partial charge in [0.2, 0.25) is 0 Å². The highest BCUT2D eigenvalue weighted by atomic mass is 16.5. The summed E-state index contributed by atoms with van der Waals surface area (Å²) < 4.78 is 4.94. The van der Waals surface area contributed by atoms with Gasteiger partial charge in [0.25, 0.3) is 0 Å². The molecule has 132 valence electrons. The van der Waals surface area contributed by atoms with Crippen LogP contribution in [0.15, 0.2) is 34.9 Å². The van der Waals surface area contributed by atoms with E-state index >= 15 is 0 Å². The molecule has 0 amide bonds. The van der Waals surface area contributed by atoms with Gasteiger partial charge in [-0.3, -0.25) is 0 Å². The van der Waals surface area contributed by atoms with Gasteiger partial charge in [0.15, 0.2) is 0 Å². The van der Waals surface area contributed by atoms with Crippen molar-refractivity contribution >= 4 is 5.97 Å². The van der Waals surface area contributed by atoms with E-state index in [-0.39, 0.29) is 5.92 Å². The van der Waals surface area contributed by atoms with E-state index in [4.69, 9.17) is 4.74 Å². The molecular formula is C21H30O3. The van der Waals surface area contributed by atoms with Crippen molar-refractivity contribution in [3.8, 4) is 0 Å². The highest BCUT2D eigenvalue weighted by molar-refractivity contribution is 5.89. The van der Waals surface area contributed by atoms with Gasteiger partial charge in [0.1, 0.15) is 0 Å². The Balaban J connectivity index is 2.50. The van der Waals surface area contributed by atoms with Gasteiger partial charge in [0, 0.05) is 5.92 Å². The number of hydrogen-bond acceptors (Lipinski definition) is 3. The smallest absolute Gasteiger partial charge is 0.336 e. The molecule has 4 unspecified atom stereocenters. The molecule has 0 heterocycles. The molecular weight excluding hydrogens is 300 g/mol. The van der Waals surface area contributed by atoms with E-state index in [1.54, 1.807) is 0 Å². The topological polar surface area (TPSA) is 46.5 Å². The minimum Gasteiger partial charge on any atom is -0.466 e. The molecule has 0 aromatic rings. The molecule has 4 atom stereocenters. The van der Waals surface area contributed by atoms with E-state index in [2.05, 4.69) is 46.3 Å². The summed E-state index contributed by atoms with van der Waals surface area (Å²) in [5.41, 5.74) is 3.01. The Hall–Kier alpha value is -1.35. The number of ether oxygens (including phenoxy) is 1. The van der Waals surface area contributed by atoms with Crippen molar-refractivity contribution < 1.29 is 14.6 Å². The van der Waals surface area contributed by atoms with E-state index in [0.29, 0.717) is 29.7 Å². The number of aliphatic hydroxyl groups is 1. The van der Waals surface area contributed by atoms with Crippen LogP contribution in [-0.2, 0) is 9.53 Å². The fourth-order valence-corrected chi connectivity index (χ4v) is 3.68. The third-order valence-electron chi connectivity index (χ3n) is 5.31. The van der Waals surface area contributed by atoms with Crippen LogP contribution < -0.4 is 0 Å². The number of esters is 1. The van der Waals surface area contributed by atoms with E-state index in [1.807, 2.05) is 6.08 Å². The lowest BCUT2D eigenvalue weighted by molar-refractivity contribution is -0.137. The van der Waals surface area contributed by atoms with Gasteiger partial charge in [-0.25, -0.2) is 4.79 Å². The van der Waals surface area contributed by atoms with E-state index in [9.17, 15) is 9.90 Å². The molecule has 0 saturated carbocycles. The minimum absolute atomic E-state index is 0.108. The predicted octanol–water partition coefficient (Wildman–Crippen LogP) is 4.12. The zero-order valence-electron chi connectivity index (χ0n) is 15.5. The molecule has 0 fully saturated rings. The van der Waals surface area contributed by atoms with Crippen LogP contribution >= 0.6 is 0 Å². The Bertz CT molecular complexity index is 553. The lowest BCUT2D eigenvalue weighted by atomic mass is 9.70. The van der Waals surface area contributed by atoms with Crippen molar-refractivity contribution in [2.45, 2.75) is 53.1 Å². The quantitative estimate of drug-likeness (QED) is 0.775. The van der Waals surface area contributed by atoms with E-state index in [0.717, 1.165) is 12.8 Å². The van der Waals surface area contributed by atoms with Crippen molar-refractivity contribution in [1.82, 2.24) is 0 Å². The van der Waals surface area contributed by atoms with Crippen LogP contribution in [0.4, 0.5) is 0 Å². The van der Waals surface area contributed by atoms with E-state index < -0.39 is 12.1 Å². The predicted molar refractivity (Wildman–Crippen MR) is 96.0 cm³/mol. The largest absolute Gasteiger partial charge is 0.466 e. The Labute approximate surface area is 146 Å². The number of methoxy groups -OCH3 is 1. The molecule has 0 bridgehead atoms. The normalized spacial score (nSPS) is 33.7. The summed E-state index contributed by atoms with van der Waals surface area (Å²) in [7, 11) is 1.38. The second-order valence-corrected chi connectivity index (χ2v) is 7.38. The summed E-state index contributed by atoms with van der Waals surface area (Å²) >= 11 is 0. The zero-order chi connectivity index (χ0) is 17.9. The molecule has 0 aliphatic heterocycles. The standard InChI is InChI=1S/C21H30O3/c1-13(2)16-10-8-15(4)17-9-6-14(3)7-11-20(22)19(12-18(16)17)21(23)24-5/h8,10,12-14,17-18,20,22H,7,9,11H2,1-5H3/b19-12-. The van der Waals surface area contributed by atoms with Crippen LogP contribution in [0.3, 0.4) is 0 Å². The molecule has 0 saturated heterocycles. The van der Waals surface area contributed by atoms with Crippen LogP contribution in [-0.4, -0.2) is 24.3 Å². The third-order valence-corrected chi connectivity index (χ3v) is 5.31. The molecule has 2 aliphatic carbocycles. The molecule has 2 radical (unpaired) electrons. The molecule has 3 nitrogen and oxygen atoms in total. The molecule has 0 aromatic carbocycles. The molecule has 3 heteroatoms. The van der Waals surface area contributed by atoms with Gasteiger partial charge in [0.05, 0.1) is 18.8 Å². The maximum absolute atomic E-state index is 12.3. The Morgan fingerprint density at radius 3 is 2.67 bits per heavy atom. The number of rotatable bonds is 2. The van der Waals surface area contributed by atoms with Gasteiger partial charge in [-0.2, -0.15) is 0 Å². The molecule has 0 aromatic heterocycles. The number of hydrogen-bond donors (Lipinski definition) is 1. The summed E-state index contributed by atoms with van der Waals surface area (Å²) in [6.45, 7) is 8.63. The first-order chi connectivity index (χ1) is 11.3. The highest BCUT2D eigenvalue weighted by Gasteiger charge is 2.32. The summed E-state index contributed by atoms with van der Waals surface area (Å²) in [6.07, 6.45) is 11.4. The highest BCUT2D eigenvalue weighted by Crippen LogP contribution is 2.41. The number of carbonyl (C=O) groups excluding carboxylic acids is 1. The minimum atomic E-state index is -0.778. The average Bonchev–Trinajstić information content (AvgIpc) is 2.55. The second kappa shape index (κ2) is 8.15. The molecule has 1 N–H and O–H groups in total. The van der Waals surface area contributed by atoms with Gasteiger partial charge < -0.3 is 9.84 Å². The monoisotopic (exact) mass is 330 g/mol. The van der Waals surface area contributed by atoms with Crippen molar-refractivity contribution in [3.63, 3.8) is 0 Å².